The highest BCUT2D eigenvalue weighted by atomic mass is 16.3. The predicted octanol–water partition coefficient (Wildman–Crippen LogP) is 31.4. The third-order valence-electron chi connectivity index (χ3n) is 26.9. The van der Waals surface area contributed by atoms with Gasteiger partial charge in [0.05, 0.1) is 39.2 Å². The van der Waals surface area contributed by atoms with E-state index in [2.05, 4.69) is 442 Å². The van der Waals surface area contributed by atoms with E-state index in [1.54, 1.807) is 0 Å². The molecule has 0 radical (unpaired) electrons. The Labute approximate surface area is 711 Å². The number of hydrogen-bond acceptors (Lipinski definition) is 4. The lowest BCUT2D eigenvalue weighted by Crippen LogP contribution is -2.36. The molecule has 4 aromatic heterocycles. The van der Waals surface area contributed by atoms with E-state index >= 15 is 0 Å². The van der Waals surface area contributed by atoms with Crippen LogP contribution in [0.5, 0.6) is 0 Å². The first-order valence-corrected chi connectivity index (χ1v) is 42.6. The van der Waals surface area contributed by atoms with Crippen LogP contribution in [0.4, 0.5) is 17.1 Å². The first kappa shape index (κ1) is 70.2. The lowest BCUT2D eigenvalue weighted by Gasteiger charge is -2.45. The summed E-state index contributed by atoms with van der Waals surface area (Å²) in [5, 5.41) is 16.9. The third kappa shape index (κ3) is 10.6. The zero-order chi connectivity index (χ0) is 81.2. The third-order valence-corrected chi connectivity index (χ3v) is 26.9. The quantitative estimate of drug-likeness (QED) is 0.142. The molecule has 5 nitrogen and oxygen atoms in total. The van der Waals surface area contributed by atoms with Gasteiger partial charge in [0, 0.05) is 73.0 Å². The summed E-state index contributed by atoms with van der Waals surface area (Å²) in [6.45, 7) is 4.71. The molecule has 19 aromatic carbocycles. The summed E-state index contributed by atoms with van der Waals surface area (Å²) in [4.78, 5) is 12.8. The lowest BCUT2D eigenvalue weighted by molar-refractivity contribution is 0.660. The van der Waals surface area contributed by atoms with E-state index in [1.165, 1.54) is 176 Å². The molecule has 123 heavy (non-hydrogen) atoms. The first-order chi connectivity index (χ1) is 60.8. The van der Waals surface area contributed by atoms with Crippen molar-refractivity contribution in [3.05, 3.63) is 458 Å². The van der Waals surface area contributed by atoms with Crippen LogP contribution in [0.25, 0.3) is 193 Å². The highest BCUT2D eigenvalue weighted by Gasteiger charge is 2.52. The molecule has 1 aliphatic heterocycles. The monoisotopic (exact) mass is 1560 g/mol. The molecule has 1 spiro atoms. The van der Waals surface area contributed by atoms with Gasteiger partial charge in [-0.1, -0.05) is 317 Å². The van der Waals surface area contributed by atoms with Crippen molar-refractivity contribution >= 4 is 115 Å². The van der Waals surface area contributed by atoms with Crippen LogP contribution in [0, 0.1) is 0 Å². The van der Waals surface area contributed by atoms with Crippen molar-refractivity contribution in [1.29, 1.82) is 0 Å². The summed E-state index contributed by atoms with van der Waals surface area (Å²) >= 11 is 0. The average molecular weight is 1570 g/mol. The molecule has 5 heteroatoms. The molecule has 0 atom stereocenters. The van der Waals surface area contributed by atoms with Crippen molar-refractivity contribution < 1.29 is 4.42 Å². The van der Waals surface area contributed by atoms with E-state index in [-0.39, 0.29) is 5.41 Å². The number of furan rings is 1. The van der Waals surface area contributed by atoms with Crippen LogP contribution >= 0.6 is 0 Å². The Morgan fingerprint density at radius 1 is 0.236 bits per heavy atom. The molecular formula is C118H76N4O. The Kier molecular flexibility index (Phi) is 15.6. The van der Waals surface area contributed by atoms with E-state index in [0.29, 0.717) is 0 Å². The van der Waals surface area contributed by atoms with Crippen LogP contribution in [0.2, 0.25) is 0 Å². The summed E-state index contributed by atoms with van der Waals surface area (Å²) in [5.74, 6) is 0. The van der Waals surface area contributed by atoms with Crippen LogP contribution in [0.3, 0.4) is 0 Å². The molecule has 23 aromatic rings. The fourth-order valence-electron chi connectivity index (χ4n) is 21.5. The summed E-state index contributed by atoms with van der Waals surface area (Å²) in [7, 11) is 0. The normalized spacial score (nSPS) is 13.2. The molecule has 0 saturated heterocycles. The van der Waals surface area contributed by atoms with Gasteiger partial charge in [-0.15, -0.1) is 0 Å². The van der Waals surface area contributed by atoms with Crippen molar-refractivity contribution in [2.24, 2.45) is 0 Å². The largest absolute Gasteiger partial charge is 0.456 e. The number of fused-ring (bicyclic) bond motifs is 23. The van der Waals surface area contributed by atoms with Crippen molar-refractivity contribution in [1.82, 2.24) is 14.5 Å². The number of benzene rings is 19. The molecule has 0 fully saturated rings. The number of aromatic nitrogens is 3. The molecule has 0 saturated carbocycles. The summed E-state index contributed by atoms with van der Waals surface area (Å²) in [6, 6.07) is 151. The Bertz CT molecular complexity index is 8180. The molecule has 0 amide bonds. The second-order valence-corrected chi connectivity index (χ2v) is 33.7. The highest BCUT2D eigenvalue weighted by molar-refractivity contribution is 6.24. The maximum absolute atomic E-state index is 6.28. The Hall–Kier alpha value is -15.8. The molecule has 5 heterocycles. The van der Waals surface area contributed by atoms with Gasteiger partial charge >= 0.3 is 0 Å². The average Bonchev–Trinajstić information content (AvgIpc) is 1.53. The van der Waals surface area contributed by atoms with Crippen molar-refractivity contribution in [2.45, 2.75) is 24.7 Å². The molecule has 0 unspecified atom stereocenters. The highest BCUT2D eigenvalue weighted by Crippen LogP contribution is 2.64. The number of nitrogens with zero attached hydrogens (tertiary/aromatic N) is 4. The van der Waals surface area contributed by atoms with Gasteiger partial charge in [-0.2, -0.15) is 0 Å². The Balaban J connectivity index is 0.000000142. The van der Waals surface area contributed by atoms with Gasteiger partial charge in [-0.3, -0.25) is 9.97 Å². The molecule has 574 valence electrons. The van der Waals surface area contributed by atoms with Crippen LogP contribution < -0.4 is 4.90 Å². The maximum atomic E-state index is 6.28. The number of rotatable bonds is 8. The fraction of sp³-hybridized carbons (Fsp3) is 0.0339. The van der Waals surface area contributed by atoms with E-state index in [0.717, 1.165) is 67.0 Å². The van der Waals surface area contributed by atoms with Crippen molar-refractivity contribution in [3.63, 3.8) is 0 Å². The number of para-hydroxylation sites is 5. The number of pyridine rings is 2. The minimum Gasteiger partial charge on any atom is -0.456 e. The minimum atomic E-state index is -0.499. The van der Waals surface area contributed by atoms with Gasteiger partial charge in [0.1, 0.15) is 11.2 Å². The maximum Gasteiger partial charge on any atom is 0.136 e. The van der Waals surface area contributed by atoms with Crippen molar-refractivity contribution in [2.75, 3.05) is 4.90 Å². The summed E-state index contributed by atoms with van der Waals surface area (Å²) in [6.07, 6.45) is 4.13. The molecule has 26 rings (SSSR count). The zero-order valence-electron chi connectivity index (χ0n) is 67.6. The summed E-state index contributed by atoms with van der Waals surface area (Å²) < 4.78 is 8.66. The van der Waals surface area contributed by atoms with Gasteiger partial charge in [-0.05, 0) is 252 Å². The second-order valence-electron chi connectivity index (χ2n) is 33.7. The number of anilines is 3. The molecule has 2 aliphatic carbocycles. The van der Waals surface area contributed by atoms with Gasteiger partial charge in [0.15, 0.2) is 0 Å². The topological polar surface area (TPSA) is 47.1 Å². The molecule has 0 bridgehead atoms. The predicted molar refractivity (Wildman–Crippen MR) is 513 cm³/mol. The summed E-state index contributed by atoms with van der Waals surface area (Å²) in [5.41, 5.74) is 35.1. The van der Waals surface area contributed by atoms with E-state index in [4.69, 9.17) is 14.4 Å². The Morgan fingerprint density at radius 2 is 0.634 bits per heavy atom. The molecular weight excluding hydrogens is 1490 g/mol. The molecule has 0 N–H and O–H groups in total. The van der Waals surface area contributed by atoms with E-state index in [9.17, 15) is 0 Å². The van der Waals surface area contributed by atoms with Crippen LogP contribution in [0.1, 0.15) is 47.2 Å². The van der Waals surface area contributed by atoms with Crippen molar-refractivity contribution in [3.8, 4) is 95.0 Å². The fourth-order valence-corrected chi connectivity index (χ4v) is 21.5. The molecule has 3 aliphatic rings. The first-order valence-electron chi connectivity index (χ1n) is 42.6. The minimum absolute atomic E-state index is 0.0650. The smallest absolute Gasteiger partial charge is 0.136 e. The Morgan fingerprint density at radius 3 is 1.21 bits per heavy atom. The van der Waals surface area contributed by atoms with E-state index in [1.807, 2.05) is 6.20 Å². The standard InChI is InChI=1S/C68H43N3.C50H33NO/c1-3-19-47(20-4-1)70-62-32-16-12-24-50(62)56-42-45(37-40-63(56)70)66-51-25-7-9-27-53(51)67(54-28-10-8-26-52(54)66)46-36-39-61(69-43-46)44-35-38-58-55(41-44)49-23-11-13-29-57(49)68(58)59-30-14-17-33-64(59)71(48-21-5-2-6-22-48)65-34-18-15-31-60(65)68;1-50(2)43-18-10-9-13-35(43)36-22-19-33(27-44(36)50)48-37-14-5-7-16-39(37)49(40-17-8-6-15-38(40)48)34-20-23-45(51-29-34)32-21-24-46-41(26-32)42-25-30-11-3-4-12-31(30)28-47(42)52-46/h1-43H;3-29H,1-2H3. The van der Waals surface area contributed by atoms with Gasteiger partial charge < -0.3 is 13.9 Å². The van der Waals surface area contributed by atoms with Crippen LogP contribution in [-0.4, -0.2) is 14.5 Å². The van der Waals surface area contributed by atoms with E-state index < -0.39 is 5.41 Å². The van der Waals surface area contributed by atoms with Crippen LogP contribution in [-0.2, 0) is 10.8 Å². The second kappa shape index (κ2) is 27.4. The van der Waals surface area contributed by atoms with Gasteiger partial charge in [0.2, 0.25) is 0 Å². The zero-order valence-corrected chi connectivity index (χ0v) is 67.6. The van der Waals surface area contributed by atoms with Crippen LogP contribution in [0.15, 0.2) is 429 Å². The number of hydrogen-bond donors (Lipinski definition) is 0. The van der Waals surface area contributed by atoms with Gasteiger partial charge in [-0.25, -0.2) is 0 Å². The lowest BCUT2D eigenvalue weighted by atomic mass is 9.64. The SMILES string of the molecule is CC1(C)c2ccccc2-c2ccc(-c3c4ccccc4c(-c4ccc(-c5ccc6oc7cc8ccccc8cc7c6c5)nc4)c4ccccc34)cc21.c1ccc(N2c3ccccc3C3(c4ccccc4-c4cc(-c5ccc(-c6c7ccccc7c(-c7ccc8c(c7)c7ccccc7n8-c7ccccc7)c7ccccc67)cn5)ccc43)c3ccccc32)cc1. The van der Waals surface area contributed by atoms with Gasteiger partial charge in [0.25, 0.3) is 0 Å².